The number of carboxylic acid groups (broad SMARTS) is 1. The molecule has 0 aliphatic heterocycles. The van der Waals surface area contributed by atoms with E-state index in [9.17, 15) is 14.7 Å². The molecule has 0 fully saturated rings. The number of rotatable bonds is 13. The molecule has 176 valence electrons. The molecule has 0 saturated carbocycles. The molecule has 9 nitrogen and oxygen atoms in total. The number of amides is 1. The van der Waals surface area contributed by atoms with Crippen molar-refractivity contribution < 1.29 is 14.7 Å². The summed E-state index contributed by atoms with van der Waals surface area (Å²) in [5.74, 6) is -0.464. The summed E-state index contributed by atoms with van der Waals surface area (Å²) in [5, 5.41) is 18.8. The van der Waals surface area contributed by atoms with Gasteiger partial charge in [0, 0.05) is 57.0 Å². The Kier molecular flexibility index (Phi) is 8.79. The molecule has 1 aromatic carbocycles. The van der Waals surface area contributed by atoms with Gasteiger partial charge in [-0.3, -0.25) is 4.79 Å². The minimum atomic E-state index is -1.03. The van der Waals surface area contributed by atoms with Crippen LogP contribution in [0.5, 0.6) is 0 Å². The van der Waals surface area contributed by atoms with Crippen LogP contribution in [0.25, 0.3) is 0 Å². The topological polar surface area (TPSA) is 113 Å². The lowest BCUT2D eigenvalue weighted by Crippen LogP contribution is -2.41. The molecule has 0 radical (unpaired) electrons. The van der Waals surface area contributed by atoms with Gasteiger partial charge in [-0.05, 0) is 49.2 Å². The maximum atomic E-state index is 12.5. The smallest absolute Gasteiger partial charge is 0.326 e. The lowest BCUT2D eigenvalue weighted by molar-refractivity contribution is -0.139. The van der Waals surface area contributed by atoms with E-state index < -0.39 is 12.0 Å². The van der Waals surface area contributed by atoms with Crippen LogP contribution in [0.2, 0.25) is 0 Å². The molecular formula is C24H32N6O3. The third kappa shape index (κ3) is 7.30. The second-order valence-electron chi connectivity index (χ2n) is 8.05. The zero-order valence-electron chi connectivity index (χ0n) is 19.1. The highest BCUT2D eigenvalue weighted by Gasteiger charge is 2.20. The van der Waals surface area contributed by atoms with Gasteiger partial charge in [0.25, 0.3) is 5.91 Å². The Morgan fingerprint density at radius 3 is 2.42 bits per heavy atom. The normalized spacial score (nSPS) is 11.9. The lowest BCUT2D eigenvalue weighted by atomic mass is 10.1. The first-order valence-corrected chi connectivity index (χ1v) is 11.0. The highest BCUT2D eigenvalue weighted by atomic mass is 16.4. The Bertz CT molecular complexity index is 1040. The van der Waals surface area contributed by atoms with Crippen molar-refractivity contribution in [2.45, 2.75) is 38.5 Å². The average Bonchev–Trinajstić information content (AvgIpc) is 3.40. The Labute approximate surface area is 193 Å². The first-order chi connectivity index (χ1) is 15.9. The van der Waals surface area contributed by atoms with E-state index in [2.05, 4.69) is 20.9 Å². The lowest BCUT2D eigenvalue weighted by Gasteiger charge is -2.15. The average molecular weight is 453 g/mol. The Hall–Kier alpha value is -3.43. The van der Waals surface area contributed by atoms with Gasteiger partial charge in [0.05, 0.1) is 6.54 Å². The van der Waals surface area contributed by atoms with E-state index >= 15 is 0 Å². The SMILES string of the molecule is Cn1cccc1CNCCC[C@H](NC(=O)c1ccc(CNCc2nccn2C)cc1)C(=O)O. The molecule has 0 saturated heterocycles. The molecule has 9 heteroatoms. The number of carbonyl (C=O) groups excluding carboxylic acids is 1. The molecule has 1 atom stereocenters. The molecule has 0 spiro atoms. The van der Waals surface area contributed by atoms with Crippen LogP contribution < -0.4 is 16.0 Å². The van der Waals surface area contributed by atoms with Gasteiger partial charge < -0.3 is 30.2 Å². The van der Waals surface area contributed by atoms with Gasteiger partial charge in [-0.2, -0.15) is 0 Å². The Morgan fingerprint density at radius 2 is 1.79 bits per heavy atom. The number of nitrogens with zero attached hydrogens (tertiary/aromatic N) is 3. The monoisotopic (exact) mass is 452 g/mol. The first-order valence-electron chi connectivity index (χ1n) is 11.0. The zero-order valence-corrected chi connectivity index (χ0v) is 19.1. The van der Waals surface area contributed by atoms with Gasteiger partial charge >= 0.3 is 5.97 Å². The summed E-state index contributed by atoms with van der Waals surface area (Å²) in [7, 11) is 3.93. The highest BCUT2D eigenvalue weighted by Crippen LogP contribution is 2.07. The number of carboxylic acids is 1. The van der Waals surface area contributed by atoms with Gasteiger partial charge in [-0.25, -0.2) is 9.78 Å². The number of hydrogen-bond donors (Lipinski definition) is 4. The van der Waals surface area contributed by atoms with Crippen molar-refractivity contribution >= 4 is 11.9 Å². The first kappa shape index (κ1) is 24.2. The number of nitrogens with one attached hydrogen (secondary N) is 3. The van der Waals surface area contributed by atoms with Crippen LogP contribution in [0, 0.1) is 0 Å². The second-order valence-corrected chi connectivity index (χ2v) is 8.05. The molecule has 3 aromatic rings. The minimum absolute atomic E-state index is 0.358. The Morgan fingerprint density at radius 1 is 1.00 bits per heavy atom. The molecule has 4 N–H and O–H groups in total. The fraction of sp³-hybridized carbons (Fsp3) is 0.375. The van der Waals surface area contributed by atoms with Crippen LogP contribution in [0.4, 0.5) is 0 Å². The minimum Gasteiger partial charge on any atom is -0.480 e. The summed E-state index contributed by atoms with van der Waals surface area (Å²) in [6, 6.07) is 10.3. The standard InChI is InChI=1S/C24H32N6O3/c1-29-13-4-5-20(29)16-25-11-3-6-21(24(32)33)28-23(31)19-9-7-18(8-10-19)15-26-17-22-27-12-14-30(22)2/h4-5,7-10,12-14,21,25-26H,3,6,11,15-17H2,1-2H3,(H,28,31)(H,32,33)/t21-/m0/s1. The number of hydrogen-bond acceptors (Lipinski definition) is 5. The maximum Gasteiger partial charge on any atom is 0.326 e. The van der Waals surface area contributed by atoms with Gasteiger partial charge in [0.1, 0.15) is 11.9 Å². The quantitative estimate of drug-likeness (QED) is 0.294. The third-order valence-corrected chi connectivity index (χ3v) is 5.56. The second kappa shape index (κ2) is 12.0. The van der Waals surface area contributed by atoms with E-state index in [4.69, 9.17) is 0 Å². The van der Waals surface area contributed by atoms with Gasteiger partial charge in [0.2, 0.25) is 0 Å². The molecule has 0 aliphatic carbocycles. The molecule has 0 aliphatic rings. The summed E-state index contributed by atoms with van der Waals surface area (Å²) >= 11 is 0. The molecule has 1 amide bonds. The number of imidazole rings is 1. The third-order valence-electron chi connectivity index (χ3n) is 5.56. The van der Waals surface area contributed by atoms with Crippen LogP contribution in [-0.4, -0.2) is 43.7 Å². The van der Waals surface area contributed by atoms with Crippen molar-refractivity contribution in [2.24, 2.45) is 14.1 Å². The van der Waals surface area contributed by atoms with E-state index in [1.54, 1.807) is 18.3 Å². The van der Waals surface area contributed by atoms with Crippen LogP contribution in [-0.2, 0) is 38.5 Å². The largest absolute Gasteiger partial charge is 0.480 e. The molecule has 33 heavy (non-hydrogen) atoms. The van der Waals surface area contributed by atoms with Crippen molar-refractivity contribution in [3.05, 3.63) is 77.6 Å². The molecule has 2 heterocycles. The maximum absolute atomic E-state index is 12.5. The number of aliphatic carboxylic acids is 1. The van der Waals surface area contributed by atoms with Gasteiger partial charge in [-0.15, -0.1) is 0 Å². The molecule has 0 bridgehead atoms. The van der Waals surface area contributed by atoms with Crippen molar-refractivity contribution in [2.75, 3.05) is 6.54 Å². The van der Waals surface area contributed by atoms with E-state index in [1.807, 2.05) is 59.9 Å². The number of aryl methyl sites for hydroxylation is 2. The summed E-state index contributed by atoms with van der Waals surface area (Å²) < 4.78 is 3.99. The number of benzene rings is 1. The summed E-state index contributed by atoms with van der Waals surface area (Å²) in [5.41, 5.74) is 2.63. The fourth-order valence-electron chi connectivity index (χ4n) is 3.49. The van der Waals surface area contributed by atoms with E-state index in [1.165, 1.54) is 0 Å². The summed E-state index contributed by atoms with van der Waals surface area (Å²) in [6.07, 6.45) is 6.64. The highest BCUT2D eigenvalue weighted by molar-refractivity contribution is 5.96. The fourth-order valence-corrected chi connectivity index (χ4v) is 3.49. The van der Waals surface area contributed by atoms with Crippen molar-refractivity contribution in [1.82, 2.24) is 30.1 Å². The van der Waals surface area contributed by atoms with Gasteiger partial charge in [0.15, 0.2) is 0 Å². The number of aromatic nitrogens is 3. The number of carbonyl (C=O) groups is 2. The van der Waals surface area contributed by atoms with Crippen molar-refractivity contribution in [1.29, 1.82) is 0 Å². The van der Waals surface area contributed by atoms with Crippen LogP contribution in [0.15, 0.2) is 55.0 Å². The zero-order chi connectivity index (χ0) is 23.6. The van der Waals surface area contributed by atoms with E-state index in [0.717, 1.165) is 23.6 Å². The molecule has 0 unspecified atom stereocenters. The van der Waals surface area contributed by atoms with Crippen LogP contribution in [0.3, 0.4) is 0 Å². The predicted molar refractivity (Wildman–Crippen MR) is 125 cm³/mol. The summed E-state index contributed by atoms with van der Waals surface area (Å²) in [6.45, 7) is 2.68. The molecule has 2 aromatic heterocycles. The van der Waals surface area contributed by atoms with E-state index in [-0.39, 0.29) is 5.91 Å². The van der Waals surface area contributed by atoms with Crippen LogP contribution >= 0.6 is 0 Å². The van der Waals surface area contributed by atoms with Crippen LogP contribution in [0.1, 0.15) is 40.3 Å². The Balaban J connectivity index is 1.40. The summed E-state index contributed by atoms with van der Waals surface area (Å²) in [4.78, 5) is 28.4. The van der Waals surface area contributed by atoms with Gasteiger partial charge in [-0.1, -0.05) is 12.1 Å². The molecule has 3 rings (SSSR count). The molecular weight excluding hydrogens is 420 g/mol. The van der Waals surface area contributed by atoms with Crippen molar-refractivity contribution in [3.63, 3.8) is 0 Å². The van der Waals surface area contributed by atoms with Crippen molar-refractivity contribution in [3.8, 4) is 0 Å². The van der Waals surface area contributed by atoms with E-state index in [0.29, 0.717) is 38.0 Å². The predicted octanol–water partition coefficient (Wildman–Crippen LogP) is 1.80.